The maximum atomic E-state index is 12.5. The van der Waals surface area contributed by atoms with Crippen LogP contribution in [0.25, 0.3) is 28.2 Å². The number of carboxylic acids is 1. The zero-order valence-electron chi connectivity index (χ0n) is 21.9. The summed E-state index contributed by atoms with van der Waals surface area (Å²) in [4.78, 5) is 17.3. The van der Waals surface area contributed by atoms with Crippen LogP contribution in [0.3, 0.4) is 0 Å². The van der Waals surface area contributed by atoms with Gasteiger partial charge >= 0.3 is 5.97 Å². The molecule has 2 aromatic carbocycles. The van der Waals surface area contributed by atoms with Crippen LogP contribution in [-0.2, 0) is 22.4 Å². The Balaban J connectivity index is 1.78. The average molecular weight is 518 g/mol. The van der Waals surface area contributed by atoms with Crippen LogP contribution in [0.1, 0.15) is 67.7 Å². The van der Waals surface area contributed by atoms with Gasteiger partial charge in [0.2, 0.25) is 0 Å². The van der Waals surface area contributed by atoms with Crippen LogP contribution in [0.15, 0.2) is 42.5 Å². The van der Waals surface area contributed by atoms with Crippen LogP contribution >= 0.6 is 11.6 Å². The van der Waals surface area contributed by atoms with E-state index in [1.165, 1.54) is 24.0 Å². The van der Waals surface area contributed by atoms with E-state index in [-0.39, 0.29) is 0 Å². The molecule has 2 heterocycles. The van der Waals surface area contributed by atoms with Gasteiger partial charge < -0.3 is 9.84 Å². The van der Waals surface area contributed by atoms with Crippen LogP contribution in [0, 0.1) is 13.8 Å². The van der Waals surface area contributed by atoms with E-state index in [0.717, 1.165) is 29.7 Å². The molecule has 1 aliphatic rings. The Kier molecular flexibility index (Phi) is 6.59. The summed E-state index contributed by atoms with van der Waals surface area (Å²) in [5, 5.41) is 15.7. The Morgan fingerprint density at radius 2 is 1.78 bits per heavy atom. The third-order valence-electron chi connectivity index (χ3n) is 6.81. The van der Waals surface area contributed by atoms with E-state index in [0.29, 0.717) is 33.2 Å². The molecule has 0 saturated heterocycles. The number of ether oxygens (including phenoxy) is 1. The normalized spacial score (nSPS) is 14.5. The van der Waals surface area contributed by atoms with Gasteiger partial charge in [-0.15, -0.1) is 0 Å². The zero-order chi connectivity index (χ0) is 26.5. The van der Waals surface area contributed by atoms with Crippen molar-refractivity contribution in [1.82, 2.24) is 14.6 Å². The van der Waals surface area contributed by atoms with Gasteiger partial charge in [-0.1, -0.05) is 35.9 Å². The Hall–Kier alpha value is -3.22. The molecule has 1 unspecified atom stereocenters. The molecule has 192 valence electrons. The number of benzene rings is 2. The first-order chi connectivity index (χ1) is 17.5. The lowest BCUT2D eigenvalue weighted by atomic mass is 9.90. The second-order valence-electron chi connectivity index (χ2n) is 10.9. The maximum Gasteiger partial charge on any atom is 0.337 e. The van der Waals surface area contributed by atoms with Crippen LogP contribution in [-0.4, -0.2) is 31.3 Å². The Bertz CT molecular complexity index is 1520. The maximum absolute atomic E-state index is 12.5. The standard InChI is InChI=1S/C30H32ClN3O3/c1-17-10-13-22(23(31)14-17)27-26(28(29(35)36)37-30(3,4)5)18(2)32-25-16-24(33-34(25)27)21-12-11-19-8-6-7-9-20(19)15-21/h10-16,28H,6-9H2,1-5H3,(H,35,36). The fourth-order valence-electron chi connectivity index (χ4n) is 5.14. The predicted molar refractivity (Wildman–Crippen MR) is 146 cm³/mol. The number of halogens is 1. The van der Waals surface area contributed by atoms with Crippen LogP contribution < -0.4 is 0 Å². The molecule has 1 atom stereocenters. The summed E-state index contributed by atoms with van der Waals surface area (Å²) in [6.07, 6.45) is 3.37. The lowest BCUT2D eigenvalue weighted by Crippen LogP contribution is -2.29. The third-order valence-corrected chi connectivity index (χ3v) is 7.12. The quantitative estimate of drug-likeness (QED) is 0.304. The van der Waals surface area contributed by atoms with E-state index < -0.39 is 17.7 Å². The molecule has 0 spiro atoms. The first-order valence-corrected chi connectivity index (χ1v) is 13.1. The summed E-state index contributed by atoms with van der Waals surface area (Å²) in [7, 11) is 0. The van der Waals surface area contributed by atoms with Gasteiger partial charge in [-0.3, -0.25) is 0 Å². The van der Waals surface area contributed by atoms with Crippen LogP contribution in [0.2, 0.25) is 5.02 Å². The highest BCUT2D eigenvalue weighted by atomic mass is 35.5. The van der Waals surface area contributed by atoms with Gasteiger partial charge in [0.15, 0.2) is 11.8 Å². The summed E-state index contributed by atoms with van der Waals surface area (Å²) < 4.78 is 7.79. The Labute approximate surface area is 222 Å². The molecule has 0 bridgehead atoms. The average Bonchev–Trinajstić information content (AvgIpc) is 3.25. The molecule has 0 amide bonds. The highest BCUT2D eigenvalue weighted by Crippen LogP contribution is 2.39. The zero-order valence-corrected chi connectivity index (χ0v) is 22.7. The number of aliphatic carboxylic acids is 1. The molecule has 0 saturated carbocycles. The smallest absolute Gasteiger partial charge is 0.337 e. The second-order valence-corrected chi connectivity index (χ2v) is 11.3. The monoisotopic (exact) mass is 517 g/mol. The van der Waals surface area contributed by atoms with Gasteiger partial charge in [0.25, 0.3) is 0 Å². The van der Waals surface area contributed by atoms with Gasteiger partial charge in [0.1, 0.15) is 0 Å². The summed E-state index contributed by atoms with van der Waals surface area (Å²) in [5.74, 6) is -1.09. The van der Waals surface area contributed by atoms with Crippen molar-refractivity contribution in [3.05, 3.63) is 75.4 Å². The van der Waals surface area contributed by atoms with E-state index in [1.54, 1.807) is 4.52 Å². The van der Waals surface area contributed by atoms with Crippen molar-refractivity contribution < 1.29 is 14.6 Å². The van der Waals surface area contributed by atoms with E-state index >= 15 is 0 Å². The molecular formula is C30H32ClN3O3. The van der Waals surface area contributed by atoms with E-state index in [9.17, 15) is 9.90 Å². The van der Waals surface area contributed by atoms with Crippen molar-refractivity contribution in [1.29, 1.82) is 0 Å². The summed E-state index contributed by atoms with van der Waals surface area (Å²) >= 11 is 6.76. The van der Waals surface area contributed by atoms with Crippen molar-refractivity contribution in [3.8, 4) is 22.5 Å². The predicted octanol–water partition coefficient (Wildman–Crippen LogP) is 7.15. The van der Waals surface area contributed by atoms with Crippen LogP contribution in [0.4, 0.5) is 0 Å². The van der Waals surface area contributed by atoms with Crippen molar-refractivity contribution in [2.75, 3.05) is 0 Å². The van der Waals surface area contributed by atoms with Gasteiger partial charge in [0, 0.05) is 28.5 Å². The SMILES string of the molecule is Cc1ccc(-c2c(C(OC(C)(C)C)C(=O)O)c(C)nc3cc(-c4ccc5c(c4)CCCC5)nn23)c(Cl)c1. The number of fused-ring (bicyclic) bond motifs is 2. The largest absolute Gasteiger partial charge is 0.479 e. The minimum absolute atomic E-state index is 0.445. The van der Waals surface area contributed by atoms with Gasteiger partial charge in [-0.2, -0.15) is 5.10 Å². The summed E-state index contributed by atoms with van der Waals surface area (Å²) in [5.41, 5.74) is 7.79. The molecule has 2 aromatic heterocycles. The molecule has 0 fully saturated rings. The highest BCUT2D eigenvalue weighted by molar-refractivity contribution is 6.33. The minimum atomic E-state index is -1.25. The number of aromatic nitrogens is 3. The molecule has 0 radical (unpaired) electrons. The number of rotatable bonds is 5. The lowest BCUT2D eigenvalue weighted by molar-refractivity contribution is -0.160. The number of carboxylic acid groups (broad SMARTS) is 1. The molecule has 1 aliphatic carbocycles. The van der Waals surface area contributed by atoms with Crippen molar-refractivity contribution in [2.24, 2.45) is 0 Å². The minimum Gasteiger partial charge on any atom is -0.479 e. The Morgan fingerprint density at radius 3 is 2.46 bits per heavy atom. The number of aryl methyl sites for hydroxylation is 4. The molecular weight excluding hydrogens is 486 g/mol. The van der Waals surface area contributed by atoms with E-state index in [2.05, 4.69) is 18.2 Å². The molecule has 1 N–H and O–H groups in total. The second kappa shape index (κ2) is 9.58. The van der Waals surface area contributed by atoms with Gasteiger partial charge in [0.05, 0.1) is 22.0 Å². The van der Waals surface area contributed by atoms with Crippen molar-refractivity contribution in [3.63, 3.8) is 0 Å². The molecule has 0 aliphatic heterocycles. The molecule has 6 nitrogen and oxygen atoms in total. The van der Waals surface area contributed by atoms with Crippen LogP contribution in [0.5, 0.6) is 0 Å². The fourth-order valence-corrected chi connectivity index (χ4v) is 5.46. The third kappa shape index (κ3) is 5.00. The topological polar surface area (TPSA) is 76.7 Å². The van der Waals surface area contributed by atoms with E-state index in [4.69, 9.17) is 26.4 Å². The fraction of sp³-hybridized carbons (Fsp3) is 0.367. The first kappa shape index (κ1) is 25.4. The highest BCUT2D eigenvalue weighted by Gasteiger charge is 2.33. The molecule has 37 heavy (non-hydrogen) atoms. The molecule has 7 heteroatoms. The first-order valence-electron chi connectivity index (χ1n) is 12.7. The van der Waals surface area contributed by atoms with Gasteiger partial charge in [-0.05, 0) is 89.1 Å². The van der Waals surface area contributed by atoms with Gasteiger partial charge in [-0.25, -0.2) is 14.3 Å². The van der Waals surface area contributed by atoms with Crippen molar-refractivity contribution >= 4 is 23.2 Å². The lowest BCUT2D eigenvalue weighted by Gasteiger charge is -2.27. The Morgan fingerprint density at radius 1 is 1.05 bits per heavy atom. The summed E-state index contributed by atoms with van der Waals surface area (Å²) in [6.45, 7) is 9.30. The number of nitrogens with zero attached hydrogens (tertiary/aromatic N) is 3. The molecule has 4 aromatic rings. The molecule has 5 rings (SSSR count). The number of carbonyl (C=O) groups is 1. The summed E-state index contributed by atoms with van der Waals surface area (Å²) in [6, 6.07) is 14.2. The van der Waals surface area contributed by atoms with Crippen molar-refractivity contribution in [2.45, 2.75) is 72.0 Å². The number of hydrogen-bond acceptors (Lipinski definition) is 4. The van der Waals surface area contributed by atoms with E-state index in [1.807, 2.05) is 58.9 Å². The number of hydrogen-bond donors (Lipinski definition) is 1.